The van der Waals surface area contributed by atoms with Crippen LogP contribution < -0.4 is 0 Å². The van der Waals surface area contributed by atoms with Crippen LogP contribution in [-0.4, -0.2) is 9.81 Å². The van der Waals surface area contributed by atoms with E-state index in [2.05, 4.69) is 41.7 Å². The van der Waals surface area contributed by atoms with E-state index >= 15 is 0 Å². The molecule has 15 heavy (non-hydrogen) atoms. The van der Waals surface area contributed by atoms with Crippen molar-refractivity contribution in [3.63, 3.8) is 0 Å². The summed E-state index contributed by atoms with van der Waals surface area (Å²) in [5, 5.41) is 1.31. The Balaban J connectivity index is 2.25. The van der Waals surface area contributed by atoms with Crippen LogP contribution in [0.4, 0.5) is 0 Å². The molecule has 0 bridgehead atoms. The highest BCUT2D eigenvalue weighted by Crippen LogP contribution is 2.20. The lowest BCUT2D eigenvalue weighted by atomic mass is 10.1. The van der Waals surface area contributed by atoms with E-state index in [1.165, 1.54) is 41.3 Å². The molecule has 0 amide bonds. The van der Waals surface area contributed by atoms with Crippen molar-refractivity contribution in [1.29, 1.82) is 0 Å². The second-order valence-electron chi connectivity index (χ2n) is 4.03. The summed E-state index contributed by atoms with van der Waals surface area (Å²) < 4.78 is 0. The van der Waals surface area contributed by atoms with Gasteiger partial charge in [-0.15, -0.1) is 11.3 Å². The molecule has 0 spiro atoms. The summed E-state index contributed by atoms with van der Waals surface area (Å²) in [5.74, 6) is 0. The number of hydrogen-bond donors (Lipinski definition) is 0. The minimum Gasteiger partial charge on any atom is -0.246 e. The summed E-state index contributed by atoms with van der Waals surface area (Å²) >= 11 is 5.57. The second kappa shape index (κ2) is 6.64. The van der Waals surface area contributed by atoms with Crippen molar-refractivity contribution >= 4 is 27.3 Å². The fourth-order valence-electron chi connectivity index (χ4n) is 1.58. The minimum absolute atomic E-state index is 0.699. The van der Waals surface area contributed by atoms with E-state index in [0.717, 1.165) is 6.42 Å². The molecule has 0 fully saturated rings. The van der Waals surface area contributed by atoms with Crippen molar-refractivity contribution < 1.29 is 0 Å². The Bertz CT molecular complexity index is 276. The van der Waals surface area contributed by atoms with E-state index in [9.17, 15) is 0 Å². The number of alkyl halides is 1. The molecule has 0 aliphatic carbocycles. The highest BCUT2D eigenvalue weighted by molar-refractivity contribution is 9.09. The topological polar surface area (TPSA) is 12.9 Å². The summed E-state index contributed by atoms with van der Waals surface area (Å²) in [6.07, 6.45) is 6.22. The van der Waals surface area contributed by atoms with Crippen molar-refractivity contribution in [1.82, 2.24) is 4.98 Å². The van der Waals surface area contributed by atoms with E-state index in [1.807, 2.05) is 11.3 Å². The molecule has 0 saturated heterocycles. The van der Waals surface area contributed by atoms with Gasteiger partial charge in [-0.25, -0.2) is 4.98 Å². The Labute approximate surface area is 105 Å². The van der Waals surface area contributed by atoms with Crippen LogP contribution in [0.15, 0.2) is 0 Å². The summed E-state index contributed by atoms with van der Waals surface area (Å²) in [6, 6.07) is 0. The van der Waals surface area contributed by atoms with Crippen molar-refractivity contribution in [2.45, 2.75) is 57.7 Å². The molecule has 1 aromatic heterocycles. The first-order valence-electron chi connectivity index (χ1n) is 5.70. The van der Waals surface area contributed by atoms with Gasteiger partial charge < -0.3 is 0 Å². The van der Waals surface area contributed by atoms with E-state index < -0.39 is 0 Å². The molecule has 1 rings (SSSR count). The Kier molecular flexibility index (Phi) is 5.83. The average Bonchev–Trinajstić information content (AvgIpc) is 2.46. The van der Waals surface area contributed by atoms with Gasteiger partial charge in [-0.05, 0) is 39.5 Å². The quantitative estimate of drug-likeness (QED) is 0.695. The third-order valence-electron chi connectivity index (χ3n) is 2.58. The number of rotatable bonds is 6. The van der Waals surface area contributed by atoms with E-state index in [-0.39, 0.29) is 0 Å². The van der Waals surface area contributed by atoms with Gasteiger partial charge in [0.05, 0.1) is 10.7 Å². The second-order valence-corrected chi connectivity index (χ2v) is 6.61. The van der Waals surface area contributed by atoms with E-state index in [0.29, 0.717) is 4.83 Å². The first-order valence-corrected chi connectivity index (χ1v) is 7.43. The maximum Gasteiger partial charge on any atom is 0.0930 e. The zero-order chi connectivity index (χ0) is 11.3. The average molecular weight is 290 g/mol. The highest BCUT2D eigenvalue weighted by atomic mass is 79.9. The molecule has 0 radical (unpaired) electrons. The van der Waals surface area contributed by atoms with Crippen LogP contribution in [0, 0.1) is 13.8 Å². The van der Waals surface area contributed by atoms with Gasteiger partial charge in [0.1, 0.15) is 0 Å². The summed E-state index contributed by atoms with van der Waals surface area (Å²) in [6.45, 7) is 6.49. The molecular weight excluding hydrogens is 270 g/mol. The van der Waals surface area contributed by atoms with Crippen LogP contribution in [0.2, 0.25) is 0 Å². The monoisotopic (exact) mass is 289 g/mol. The van der Waals surface area contributed by atoms with Crippen LogP contribution in [0.5, 0.6) is 0 Å². The lowest BCUT2D eigenvalue weighted by molar-refractivity contribution is 0.654. The first kappa shape index (κ1) is 13.2. The standard InChI is InChI=1S/C12H20BrNS/c1-4-6-11(13)7-5-8-12-14-9(2)10(3)15-12/h11H,4-8H2,1-3H3. The molecular formula is C12H20BrNS. The maximum absolute atomic E-state index is 4.56. The van der Waals surface area contributed by atoms with Crippen molar-refractivity contribution in [3.8, 4) is 0 Å². The Morgan fingerprint density at radius 2 is 2.07 bits per heavy atom. The van der Waals surface area contributed by atoms with Crippen molar-refractivity contribution in [2.75, 3.05) is 0 Å². The summed E-state index contributed by atoms with van der Waals surface area (Å²) in [4.78, 5) is 6.62. The van der Waals surface area contributed by atoms with Gasteiger partial charge in [-0.3, -0.25) is 0 Å². The number of aryl methyl sites for hydroxylation is 3. The van der Waals surface area contributed by atoms with E-state index in [1.54, 1.807) is 0 Å². The smallest absolute Gasteiger partial charge is 0.0930 e. The molecule has 1 nitrogen and oxygen atoms in total. The fraction of sp³-hybridized carbons (Fsp3) is 0.750. The minimum atomic E-state index is 0.699. The summed E-state index contributed by atoms with van der Waals surface area (Å²) in [7, 11) is 0. The largest absolute Gasteiger partial charge is 0.246 e. The number of hydrogen-bond acceptors (Lipinski definition) is 2. The third-order valence-corrected chi connectivity index (χ3v) is 4.63. The molecule has 1 aromatic rings. The van der Waals surface area contributed by atoms with Gasteiger partial charge in [0.2, 0.25) is 0 Å². The van der Waals surface area contributed by atoms with Crippen LogP contribution in [0.3, 0.4) is 0 Å². The number of nitrogens with zero attached hydrogens (tertiary/aromatic N) is 1. The van der Waals surface area contributed by atoms with Crippen molar-refractivity contribution in [2.24, 2.45) is 0 Å². The van der Waals surface area contributed by atoms with Crippen LogP contribution in [0.25, 0.3) is 0 Å². The first-order chi connectivity index (χ1) is 7.13. The van der Waals surface area contributed by atoms with Crippen LogP contribution in [-0.2, 0) is 6.42 Å². The molecule has 1 atom stereocenters. The predicted molar refractivity (Wildman–Crippen MR) is 72.1 cm³/mol. The molecule has 86 valence electrons. The van der Waals surface area contributed by atoms with Crippen molar-refractivity contribution in [3.05, 3.63) is 15.6 Å². The fourth-order valence-corrected chi connectivity index (χ4v) is 3.34. The Hall–Kier alpha value is 0.110. The molecule has 1 heterocycles. The SMILES string of the molecule is CCCC(Br)CCCc1nc(C)c(C)s1. The molecule has 1 unspecified atom stereocenters. The molecule has 3 heteroatoms. The molecule has 0 N–H and O–H groups in total. The summed E-state index contributed by atoms with van der Waals surface area (Å²) in [5.41, 5.74) is 1.21. The predicted octanol–water partition coefficient (Wildman–Crippen LogP) is 4.65. The molecule has 0 aromatic carbocycles. The number of halogens is 1. The molecule has 0 aliphatic rings. The van der Waals surface area contributed by atoms with Crippen LogP contribution >= 0.6 is 27.3 Å². The van der Waals surface area contributed by atoms with Crippen LogP contribution in [0.1, 0.15) is 48.2 Å². The van der Waals surface area contributed by atoms with Gasteiger partial charge in [-0.2, -0.15) is 0 Å². The molecule has 0 aliphatic heterocycles. The Morgan fingerprint density at radius 3 is 2.60 bits per heavy atom. The van der Waals surface area contributed by atoms with Gasteiger partial charge in [0, 0.05) is 9.70 Å². The highest BCUT2D eigenvalue weighted by Gasteiger charge is 2.06. The third kappa shape index (κ3) is 4.64. The molecule has 0 saturated carbocycles. The normalized spacial score (nSPS) is 13.1. The van der Waals surface area contributed by atoms with Gasteiger partial charge in [0.25, 0.3) is 0 Å². The number of thiazole rings is 1. The maximum atomic E-state index is 4.56. The van der Waals surface area contributed by atoms with Gasteiger partial charge in [-0.1, -0.05) is 29.3 Å². The lowest BCUT2D eigenvalue weighted by Crippen LogP contribution is -1.97. The van der Waals surface area contributed by atoms with Gasteiger partial charge >= 0.3 is 0 Å². The lowest BCUT2D eigenvalue weighted by Gasteiger charge is -2.06. The number of aromatic nitrogens is 1. The van der Waals surface area contributed by atoms with Gasteiger partial charge in [0.15, 0.2) is 0 Å². The van der Waals surface area contributed by atoms with E-state index in [4.69, 9.17) is 0 Å². The zero-order valence-electron chi connectivity index (χ0n) is 9.85. The zero-order valence-corrected chi connectivity index (χ0v) is 12.2. The Morgan fingerprint density at radius 1 is 1.33 bits per heavy atom.